The van der Waals surface area contributed by atoms with Crippen molar-refractivity contribution >= 4 is 43.6 Å². The van der Waals surface area contributed by atoms with E-state index in [1.165, 1.54) is 38.2 Å². The number of para-hydroxylation sites is 3. The zero-order chi connectivity index (χ0) is 41.9. The van der Waals surface area contributed by atoms with Gasteiger partial charge < -0.3 is 9.13 Å². The van der Waals surface area contributed by atoms with Crippen LogP contribution in [-0.4, -0.2) is 24.1 Å². The lowest BCUT2D eigenvalue weighted by Gasteiger charge is -2.17. The molecule has 9 aromatic carbocycles. The van der Waals surface area contributed by atoms with Crippen molar-refractivity contribution in [2.24, 2.45) is 0 Å². The lowest BCUT2D eigenvalue weighted by molar-refractivity contribution is 1.06. The molecule has 0 aliphatic carbocycles. The molecule has 3 aromatic heterocycles. The molecule has 0 saturated carbocycles. The van der Waals surface area contributed by atoms with Gasteiger partial charge in [-0.05, 0) is 83.3 Å². The van der Waals surface area contributed by atoms with Crippen LogP contribution in [0, 0.1) is 6.92 Å². The number of aryl methyl sites for hydroxylation is 1. The fraction of sp³-hybridized carbons (Fsp3) is 0.0172. The van der Waals surface area contributed by atoms with Gasteiger partial charge in [-0.3, -0.25) is 0 Å². The highest BCUT2D eigenvalue weighted by molar-refractivity contribution is 6.16. The zero-order valence-corrected chi connectivity index (χ0v) is 34.5. The Hall–Kier alpha value is -8.41. The first-order valence-electron chi connectivity index (χ1n) is 21.4. The average Bonchev–Trinajstić information content (AvgIpc) is 3.87. The van der Waals surface area contributed by atoms with E-state index in [0.717, 1.165) is 61.3 Å². The highest BCUT2D eigenvalue weighted by Gasteiger charge is 2.23. The molecule has 0 aliphatic rings. The van der Waals surface area contributed by atoms with E-state index in [9.17, 15) is 0 Å². The van der Waals surface area contributed by atoms with Gasteiger partial charge in [0.2, 0.25) is 0 Å². The minimum Gasteiger partial charge on any atom is -0.309 e. The summed E-state index contributed by atoms with van der Waals surface area (Å²) in [7, 11) is 0. The fourth-order valence-corrected chi connectivity index (χ4v) is 9.42. The SMILES string of the molecule is Cc1ccccc1-c1ccc2c3ccccc3n(-c3ccc(-c4cccc5c4c4ccccc4n5-c4ccccc4)cc3-c3nc(-c4ccccc4)nc(-c4ccccc4)n3)c2c1. The minimum atomic E-state index is 0.597. The maximum Gasteiger partial charge on any atom is 0.166 e. The predicted molar refractivity (Wildman–Crippen MR) is 260 cm³/mol. The van der Waals surface area contributed by atoms with Crippen LogP contribution in [0.5, 0.6) is 0 Å². The smallest absolute Gasteiger partial charge is 0.166 e. The molecule has 5 heteroatoms. The molecule has 0 amide bonds. The van der Waals surface area contributed by atoms with E-state index in [1.807, 2.05) is 36.4 Å². The summed E-state index contributed by atoms with van der Waals surface area (Å²) in [5.41, 5.74) is 15.2. The Bertz CT molecular complexity index is 3620. The monoisotopic (exact) mass is 805 g/mol. The Morgan fingerprint density at radius 1 is 0.317 bits per heavy atom. The number of benzene rings is 9. The highest BCUT2D eigenvalue weighted by atomic mass is 15.1. The van der Waals surface area contributed by atoms with E-state index in [4.69, 9.17) is 15.0 Å². The first-order valence-corrected chi connectivity index (χ1v) is 21.4. The molecule has 0 aliphatic heterocycles. The quantitative estimate of drug-likeness (QED) is 0.161. The summed E-state index contributed by atoms with van der Waals surface area (Å²) >= 11 is 0. The molecule has 0 spiro atoms. The second-order valence-corrected chi connectivity index (χ2v) is 16.1. The van der Waals surface area contributed by atoms with Crippen LogP contribution >= 0.6 is 0 Å². The van der Waals surface area contributed by atoms with Crippen molar-refractivity contribution < 1.29 is 0 Å². The molecule has 0 fully saturated rings. The summed E-state index contributed by atoms with van der Waals surface area (Å²) in [6, 6.07) is 77.4. The standard InChI is InChI=1S/C58H39N5/c1-38-18-11-12-25-44(38)42-32-34-47-46-26-13-15-29-50(46)63(54(47)37-42)52-35-33-41(45-28-17-31-53-55(45)48-27-14-16-30-51(48)62(53)43-23-9-4-10-24-43)36-49(52)58-60-56(39-19-5-2-6-20-39)59-57(61-58)40-21-7-3-8-22-40/h2-37H,1H3. The predicted octanol–water partition coefficient (Wildman–Crippen LogP) is 14.7. The van der Waals surface area contributed by atoms with E-state index in [2.05, 4.69) is 198 Å². The molecule has 0 bridgehead atoms. The fourth-order valence-electron chi connectivity index (χ4n) is 9.42. The number of nitrogens with zero attached hydrogens (tertiary/aromatic N) is 5. The van der Waals surface area contributed by atoms with Gasteiger partial charge in [-0.1, -0.05) is 170 Å². The van der Waals surface area contributed by atoms with Crippen LogP contribution in [0.4, 0.5) is 0 Å². The molecule has 5 nitrogen and oxygen atoms in total. The molecule has 12 rings (SSSR count). The summed E-state index contributed by atoms with van der Waals surface area (Å²) in [6.45, 7) is 2.18. The topological polar surface area (TPSA) is 48.5 Å². The molecule has 12 aromatic rings. The molecule has 296 valence electrons. The highest BCUT2D eigenvalue weighted by Crippen LogP contribution is 2.43. The van der Waals surface area contributed by atoms with Gasteiger partial charge in [0.1, 0.15) is 0 Å². The second kappa shape index (κ2) is 14.9. The molecule has 0 saturated heterocycles. The Kier molecular flexibility index (Phi) is 8.64. The summed E-state index contributed by atoms with van der Waals surface area (Å²) in [6.07, 6.45) is 0. The normalized spacial score (nSPS) is 11.6. The molecule has 0 unspecified atom stereocenters. The molecule has 0 atom stereocenters. The summed E-state index contributed by atoms with van der Waals surface area (Å²) < 4.78 is 4.78. The third-order valence-electron chi connectivity index (χ3n) is 12.3. The van der Waals surface area contributed by atoms with Gasteiger partial charge in [-0.25, -0.2) is 15.0 Å². The number of rotatable bonds is 7. The van der Waals surface area contributed by atoms with Gasteiger partial charge in [-0.2, -0.15) is 0 Å². The third-order valence-corrected chi connectivity index (χ3v) is 12.3. The van der Waals surface area contributed by atoms with E-state index < -0.39 is 0 Å². The maximum absolute atomic E-state index is 5.36. The van der Waals surface area contributed by atoms with Crippen LogP contribution in [0.3, 0.4) is 0 Å². The number of hydrogen-bond donors (Lipinski definition) is 0. The first kappa shape index (κ1) is 36.4. The first-order chi connectivity index (χ1) is 31.2. The molecule has 0 radical (unpaired) electrons. The van der Waals surface area contributed by atoms with Crippen LogP contribution < -0.4 is 0 Å². The molecular formula is C58H39N5. The number of aromatic nitrogens is 5. The average molecular weight is 806 g/mol. The zero-order valence-electron chi connectivity index (χ0n) is 34.5. The van der Waals surface area contributed by atoms with Crippen molar-refractivity contribution in [3.8, 4) is 67.8 Å². The van der Waals surface area contributed by atoms with Gasteiger partial charge in [0.25, 0.3) is 0 Å². The van der Waals surface area contributed by atoms with Gasteiger partial charge in [0.05, 0.1) is 27.8 Å². The van der Waals surface area contributed by atoms with Crippen molar-refractivity contribution in [3.05, 3.63) is 224 Å². The van der Waals surface area contributed by atoms with E-state index in [-0.39, 0.29) is 0 Å². The van der Waals surface area contributed by atoms with Crippen LogP contribution in [0.2, 0.25) is 0 Å². The van der Waals surface area contributed by atoms with Gasteiger partial charge >= 0.3 is 0 Å². The van der Waals surface area contributed by atoms with Crippen LogP contribution in [0.25, 0.3) is 111 Å². The van der Waals surface area contributed by atoms with Crippen LogP contribution in [0.1, 0.15) is 5.56 Å². The Morgan fingerprint density at radius 3 is 1.56 bits per heavy atom. The molecule has 63 heavy (non-hydrogen) atoms. The van der Waals surface area contributed by atoms with Gasteiger partial charge in [0.15, 0.2) is 17.5 Å². The van der Waals surface area contributed by atoms with E-state index in [1.54, 1.807) is 0 Å². The van der Waals surface area contributed by atoms with Gasteiger partial charge in [-0.15, -0.1) is 0 Å². The van der Waals surface area contributed by atoms with Crippen LogP contribution in [0.15, 0.2) is 218 Å². The minimum absolute atomic E-state index is 0.597. The number of hydrogen-bond acceptors (Lipinski definition) is 3. The van der Waals surface area contributed by atoms with Crippen LogP contribution in [-0.2, 0) is 0 Å². The lowest BCUT2D eigenvalue weighted by Crippen LogP contribution is -2.04. The summed E-state index contributed by atoms with van der Waals surface area (Å²) in [5.74, 6) is 1.83. The van der Waals surface area contributed by atoms with Crippen molar-refractivity contribution in [2.45, 2.75) is 6.92 Å². The summed E-state index contributed by atoms with van der Waals surface area (Å²) in [5, 5.41) is 4.76. The Balaban J connectivity index is 1.18. The van der Waals surface area contributed by atoms with Crippen molar-refractivity contribution in [3.63, 3.8) is 0 Å². The molecule has 3 heterocycles. The van der Waals surface area contributed by atoms with Crippen molar-refractivity contribution in [2.75, 3.05) is 0 Å². The van der Waals surface area contributed by atoms with E-state index in [0.29, 0.717) is 17.5 Å². The van der Waals surface area contributed by atoms with Gasteiger partial charge in [0, 0.05) is 43.9 Å². The second-order valence-electron chi connectivity index (χ2n) is 16.1. The van der Waals surface area contributed by atoms with E-state index >= 15 is 0 Å². The van der Waals surface area contributed by atoms with Crippen molar-refractivity contribution in [1.82, 2.24) is 24.1 Å². The number of fused-ring (bicyclic) bond motifs is 6. The maximum atomic E-state index is 5.36. The largest absolute Gasteiger partial charge is 0.309 e. The Morgan fingerprint density at radius 2 is 0.841 bits per heavy atom. The van der Waals surface area contributed by atoms with Crippen molar-refractivity contribution in [1.29, 1.82) is 0 Å². The molecule has 0 N–H and O–H groups in total. The Labute approximate surface area is 364 Å². The third kappa shape index (κ3) is 6.13. The summed E-state index contributed by atoms with van der Waals surface area (Å²) in [4.78, 5) is 15.8. The lowest BCUT2D eigenvalue weighted by atomic mass is 9.96. The molecular weight excluding hydrogens is 767 g/mol.